The summed E-state index contributed by atoms with van der Waals surface area (Å²) >= 11 is 5.34. The van der Waals surface area contributed by atoms with Crippen LogP contribution in [0.1, 0.15) is 37.8 Å². The van der Waals surface area contributed by atoms with Crippen molar-refractivity contribution in [3.8, 4) is 0 Å². The lowest BCUT2D eigenvalue weighted by atomic mass is 9.70. The number of carbonyl (C=O) groups excluding carboxylic acids is 3. The maximum Gasteiger partial charge on any atom is 0.244 e. The third kappa shape index (κ3) is 3.56. The number of hydrogen-bond acceptors (Lipinski definition) is 5. The third-order valence-corrected chi connectivity index (χ3v) is 10.3. The van der Waals surface area contributed by atoms with Crippen molar-refractivity contribution < 1.29 is 19.5 Å². The number of thioether (sulfide) groups is 1. The number of amides is 3. The number of nitrogens with one attached hydrogen (secondary N) is 2. The first-order valence-corrected chi connectivity index (χ1v) is 13.0. The lowest BCUT2D eigenvalue weighted by Crippen LogP contribution is -2.55. The maximum absolute atomic E-state index is 14.0. The Morgan fingerprint density at radius 1 is 1.31 bits per heavy atom. The predicted octanol–water partition coefficient (Wildman–Crippen LogP) is 1.85. The maximum atomic E-state index is 14.0. The van der Waals surface area contributed by atoms with E-state index in [9.17, 15) is 19.5 Å². The van der Waals surface area contributed by atoms with Crippen molar-refractivity contribution in [1.82, 2.24) is 15.5 Å². The summed E-state index contributed by atoms with van der Waals surface area (Å²) in [6, 6.07) is 7.91. The highest BCUT2D eigenvalue weighted by Crippen LogP contribution is 2.68. The highest BCUT2D eigenvalue weighted by Gasteiger charge is 2.76. The summed E-state index contributed by atoms with van der Waals surface area (Å²) in [4.78, 5) is 42.0. The van der Waals surface area contributed by atoms with Crippen LogP contribution in [-0.2, 0) is 14.4 Å². The minimum absolute atomic E-state index is 0.0362. The Balaban J connectivity index is 1.79. The Labute approximate surface area is 201 Å². The molecule has 3 fully saturated rings. The van der Waals surface area contributed by atoms with Crippen LogP contribution in [0.3, 0.4) is 0 Å². The van der Waals surface area contributed by atoms with Gasteiger partial charge in [0.2, 0.25) is 17.7 Å². The van der Waals surface area contributed by atoms with Gasteiger partial charge in [-0.15, -0.1) is 11.8 Å². The van der Waals surface area contributed by atoms with Crippen molar-refractivity contribution >= 4 is 45.4 Å². The molecule has 1 aromatic carbocycles. The van der Waals surface area contributed by atoms with Crippen LogP contribution in [0.15, 0.2) is 30.3 Å². The molecule has 9 heteroatoms. The zero-order chi connectivity index (χ0) is 23.0. The molecule has 1 spiro atoms. The lowest BCUT2D eigenvalue weighted by molar-refractivity contribution is -0.142. The van der Waals surface area contributed by atoms with Crippen LogP contribution in [0, 0.1) is 11.8 Å². The van der Waals surface area contributed by atoms with Crippen molar-refractivity contribution in [2.75, 3.05) is 20.2 Å². The van der Waals surface area contributed by atoms with Gasteiger partial charge in [0.15, 0.2) is 0 Å². The van der Waals surface area contributed by atoms with E-state index in [0.717, 1.165) is 18.4 Å². The number of benzene rings is 1. The highest BCUT2D eigenvalue weighted by molar-refractivity contribution is 9.09. The molecule has 32 heavy (non-hydrogen) atoms. The highest BCUT2D eigenvalue weighted by atomic mass is 79.9. The number of carbonyl (C=O) groups is 3. The van der Waals surface area contributed by atoms with Crippen LogP contribution in [0.2, 0.25) is 0 Å². The fraction of sp³-hybridized carbons (Fsp3) is 0.609. The van der Waals surface area contributed by atoms with Crippen molar-refractivity contribution in [2.24, 2.45) is 11.8 Å². The van der Waals surface area contributed by atoms with E-state index in [1.165, 1.54) is 0 Å². The van der Waals surface area contributed by atoms with Crippen LogP contribution >= 0.6 is 27.7 Å². The second-order valence-electron chi connectivity index (χ2n) is 8.78. The fourth-order valence-corrected chi connectivity index (χ4v) is 9.28. The Kier molecular flexibility index (Phi) is 6.89. The second kappa shape index (κ2) is 9.35. The zero-order valence-electron chi connectivity index (χ0n) is 18.3. The van der Waals surface area contributed by atoms with E-state index in [4.69, 9.17) is 0 Å². The second-order valence-corrected chi connectivity index (χ2v) is 11.5. The number of aliphatic hydroxyl groups excluding tert-OH is 1. The van der Waals surface area contributed by atoms with Crippen molar-refractivity contribution in [3.05, 3.63) is 35.9 Å². The van der Waals surface area contributed by atoms with E-state index in [0.29, 0.717) is 13.0 Å². The van der Waals surface area contributed by atoms with Crippen LogP contribution in [0.5, 0.6) is 0 Å². The van der Waals surface area contributed by atoms with Crippen molar-refractivity contribution in [3.63, 3.8) is 0 Å². The lowest BCUT2D eigenvalue weighted by Gasteiger charge is -2.37. The van der Waals surface area contributed by atoms with E-state index in [1.807, 2.05) is 30.3 Å². The molecule has 0 saturated carbocycles. The average molecular weight is 524 g/mol. The molecule has 3 aliphatic heterocycles. The number of unbranched alkanes of at least 4 members (excludes halogenated alkanes) is 1. The van der Waals surface area contributed by atoms with E-state index in [1.54, 1.807) is 23.7 Å². The summed E-state index contributed by atoms with van der Waals surface area (Å²) in [6.07, 6.45) is 2.42. The number of alkyl halides is 1. The van der Waals surface area contributed by atoms with E-state index < -0.39 is 28.7 Å². The average Bonchev–Trinajstić information content (AvgIpc) is 3.38. The Bertz CT molecular complexity index is 887. The van der Waals surface area contributed by atoms with Crippen molar-refractivity contribution in [2.45, 2.75) is 53.1 Å². The number of fused-ring (bicyclic) bond motifs is 1. The van der Waals surface area contributed by atoms with Gasteiger partial charge in [0.25, 0.3) is 0 Å². The number of likely N-dealkylation sites (tertiary alicyclic amines) is 1. The quantitative estimate of drug-likeness (QED) is 0.356. The molecule has 3 aliphatic rings. The van der Waals surface area contributed by atoms with E-state index >= 15 is 0 Å². The van der Waals surface area contributed by atoms with Crippen LogP contribution < -0.4 is 10.6 Å². The molecule has 4 rings (SSSR count). The van der Waals surface area contributed by atoms with Gasteiger partial charge in [0.1, 0.15) is 6.04 Å². The Morgan fingerprint density at radius 3 is 2.66 bits per heavy atom. The number of halogens is 1. The Morgan fingerprint density at radius 2 is 2.03 bits per heavy atom. The van der Waals surface area contributed by atoms with Gasteiger partial charge in [-0.05, 0) is 18.4 Å². The molecular formula is C23H30BrN3O4S. The summed E-state index contributed by atoms with van der Waals surface area (Å²) in [5.41, 5.74) is 0.775. The summed E-state index contributed by atoms with van der Waals surface area (Å²) in [5.74, 6) is -1.69. The molecule has 1 aromatic rings. The summed E-state index contributed by atoms with van der Waals surface area (Å²) in [5, 5.41) is 16.0. The zero-order valence-corrected chi connectivity index (χ0v) is 20.7. The third-order valence-electron chi connectivity index (χ3n) is 7.05. The largest absolute Gasteiger partial charge is 0.394 e. The summed E-state index contributed by atoms with van der Waals surface area (Å²) in [6.45, 7) is 2.30. The molecule has 0 aromatic heterocycles. The molecule has 174 valence electrons. The van der Waals surface area contributed by atoms with Gasteiger partial charge < -0.3 is 20.6 Å². The van der Waals surface area contributed by atoms with Gasteiger partial charge >= 0.3 is 0 Å². The standard InChI is InChI=1S/C23H30BrN3O4S/c1-3-4-10-26-21(30)19-23-11-14(24)18(32-23)16(20(29)25-2)17(23)22(31)27(19)15(12-28)13-8-6-5-7-9-13/h5-9,14-19,28H,3-4,10-12H2,1-2H3,(H,25,29)(H,26,30)/t14?,15-,16-,17+,18-,19?,23?/m1/s1. The first-order valence-electron chi connectivity index (χ1n) is 11.2. The first-order chi connectivity index (χ1) is 15.4. The summed E-state index contributed by atoms with van der Waals surface area (Å²) in [7, 11) is 1.58. The van der Waals surface area contributed by atoms with Gasteiger partial charge in [-0.2, -0.15) is 0 Å². The van der Waals surface area contributed by atoms with E-state index in [-0.39, 0.29) is 34.4 Å². The van der Waals surface area contributed by atoms with E-state index in [2.05, 4.69) is 33.5 Å². The first kappa shape index (κ1) is 23.6. The molecule has 3 saturated heterocycles. The van der Waals surface area contributed by atoms with Crippen LogP contribution in [0.4, 0.5) is 0 Å². The molecule has 0 radical (unpaired) electrons. The molecule has 0 aliphatic carbocycles. The van der Waals surface area contributed by atoms with Crippen molar-refractivity contribution in [1.29, 1.82) is 0 Å². The molecule has 7 nitrogen and oxygen atoms in total. The fourth-order valence-electron chi connectivity index (χ4n) is 5.68. The number of rotatable bonds is 8. The molecule has 3 unspecified atom stereocenters. The normalized spacial score (nSPS) is 33.8. The summed E-state index contributed by atoms with van der Waals surface area (Å²) < 4.78 is -0.703. The molecule has 3 amide bonds. The monoisotopic (exact) mass is 523 g/mol. The van der Waals surface area contributed by atoms with Gasteiger partial charge in [-0.1, -0.05) is 59.6 Å². The van der Waals surface area contributed by atoms with Crippen LogP contribution in [0.25, 0.3) is 0 Å². The van der Waals surface area contributed by atoms with Crippen LogP contribution in [-0.4, -0.2) is 68.8 Å². The molecule has 3 N–H and O–H groups in total. The van der Waals surface area contributed by atoms with Gasteiger partial charge in [0.05, 0.1) is 29.2 Å². The predicted molar refractivity (Wildman–Crippen MR) is 127 cm³/mol. The van der Waals surface area contributed by atoms with Gasteiger partial charge in [-0.3, -0.25) is 14.4 Å². The number of nitrogens with zero attached hydrogens (tertiary/aromatic N) is 1. The number of aliphatic hydroxyl groups is 1. The molecule has 3 heterocycles. The molecule has 2 bridgehead atoms. The topological polar surface area (TPSA) is 98.7 Å². The van der Waals surface area contributed by atoms with Gasteiger partial charge in [-0.25, -0.2) is 0 Å². The van der Waals surface area contributed by atoms with Gasteiger partial charge in [0, 0.05) is 23.7 Å². The molecule has 7 atom stereocenters. The minimum Gasteiger partial charge on any atom is -0.394 e. The SMILES string of the molecule is CCCCNC(=O)C1N([C@H](CO)c2ccccc2)C(=O)[C@@H]2[C@@H](C(=O)NC)[C@@H]3SC12CC3Br. The smallest absolute Gasteiger partial charge is 0.244 e. The number of hydrogen-bond donors (Lipinski definition) is 3. The Hall–Kier alpha value is -1.58. The minimum atomic E-state index is -0.751. The molecular weight excluding hydrogens is 494 g/mol.